The minimum absolute atomic E-state index is 0.0388. The lowest BCUT2D eigenvalue weighted by Gasteiger charge is -2.04. The molecule has 0 aliphatic heterocycles. The number of amides is 1. The summed E-state index contributed by atoms with van der Waals surface area (Å²) >= 11 is 0. The zero-order valence-corrected chi connectivity index (χ0v) is 12.1. The van der Waals surface area contributed by atoms with Crippen LogP contribution in [-0.2, 0) is 21.4 Å². The van der Waals surface area contributed by atoms with E-state index in [1.807, 2.05) is 6.92 Å². The summed E-state index contributed by atoms with van der Waals surface area (Å²) in [6, 6.07) is 6.32. The first kappa shape index (κ1) is 14.9. The van der Waals surface area contributed by atoms with Gasteiger partial charge in [-0.05, 0) is 19.1 Å². The predicted molar refractivity (Wildman–Crippen MR) is 75.3 cm³/mol. The van der Waals surface area contributed by atoms with Gasteiger partial charge in [-0.2, -0.15) is 8.42 Å². The number of benzene rings is 1. The molecule has 0 atom stereocenters. The van der Waals surface area contributed by atoms with Gasteiger partial charge >= 0.3 is 0 Å². The van der Waals surface area contributed by atoms with Crippen molar-refractivity contribution in [2.75, 3.05) is 0 Å². The van der Waals surface area contributed by atoms with Crippen LogP contribution >= 0.6 is 0 Å². The Labute approximate surface area is 121 Å². The number of carbonyl (C=O) groups is 1. The maximum Gasteiger partial charge on any atom is 0.284 e. The van der Waals surface area contributed by atoms with E-state index >= 15 is 0 Å². The molecule has 0 radical (unpaired) electrons. The molecule has 8 heteroatoms. The highest BCUT2D eigenvalue weighted by Crippen LogP contribution is 2.12. The van der Waals surface area contributed by atoms with E-state index in [4.69, 9.17) is 5.73 Å². The molecule has 2 aromatic rings. The molecule has 0 spiro atoms. The quantitative estimate of drug-likeness (QED) is 0.855. The van der Waals surface area contributed by atoms with Gasteiger partial charge in [0, 0.05) is 12.4 Å². The van der Waals surface area contributed by atoms with Gasteiger partial charge in [0.15, 0.2) is 5.49 Å². The van der Waals surface area contributed by atoms with Gasteiger partial charge in [-0.1, -0.05) is 17.7 Å². The number of nitrogens with two attached hydrogens (primary N) is 1. The Kier molecular flexibility index (Phi) is 4.18. The Morgan fingerprint density at radius 1 is 1.33 bits per heavy atom. The fourth-order valence-corrected chi connectivity index (χ4v) is 2.63. The Morgan fingerprint density at radius 2 is 2.00 bits per heavy atom. The molecular weight excluding hydrogens is 292 g/mol. The Bertz CT molecular complexity index is 823. The molecule has 0 saturated heterocycles. The van der Waals surface area contributed by atoms with E-state index in [2.05, 4.69) is 9.38 Å². The third-order valence-corrected chi connectivity index (χ3v) is 3.97. The summed E-state index contributed by atoms with van der Waals surface area (Å²) in [6.07, 6.45) is 4.11. The zero-order chi connectivity index (χ0) is 15.5. The van der Waals surface area contributed by atoms with Crippen LogP contribution in [0.4, 0.5) is 0 Å². The van der Waals surface area contributed by atoms with Gasteiger partial charge in [-0.3, -0.25) is 9.78 Å². The first-order chi connectivity index (χ1) is 9.88. The average molecular weight is 306 g/mol. The van der Waals surface area contributed by atoms with Gasteiger partial charge in [0.2, 0.25) is 5.91 Å². The molecule has 0 unspecified atom stereocenters. The summed E-state index contributed by atoms with van der Waals surface area (Å²) < 4.78 is 29.5. The van der Waals surface area contributed by atoms with Crippen LogP contribution in [0.15, 0.2) is 52.1 Å². The van der Waals surface area contributed by atoms with Crippen LogP contribution in [0.3, 0.4) is 0 Å². The van der Waals surface area contributed by atoms with E-state index in [1.54, 1.807) is 12.1 Å². The molecule has 0 aliphatic carbocycles. The molecule has 1 aromatic carbocycles. The molecular formula is C13H14N4O3S. The molecule has 0 aliphatic rings. The number of hydrogen-bond acceptors (Lipinski definition) is 4. The molecule has 2 N–H and O–H groups in total. The van der Waals surface area contributed by atoms with E-state index in [0.29, 0.717) is 0 Å². The molecule has 7 nitrogen and oxygen atoms in total. The summed E-state index contributed by atoms with van der Waals surface area (Å²) in [7, 11) is -3.88. The highest BCUT2D eigenvalue weighted by molar-refractivity contribution is 7.90. The summed E-state index contributed by atoms with van der Waals surface area (Å²) in [6.45, 7) is 1.68. The van der Waals surface area contributed by atoms with Crippen LogP contribution in [0.5, 0.6) is 0 Å². The van der Waals surface area contributed by atoms with Gasteiger partial charge in [0.25, 0.3) is 10.0 Å². The van der Waals surface area contributed by atoms with Crippen molar-refractivity contribution in [3.05, 3.63) is 53.9 Å². The summed E-state index contributed by atoms with van der Waals surface area (Å²) in [5.74, 6) is -0.601. The molecule has 1 aromatic heterocycles. The molecule has 0 fully saturated rings. The van der Waals surface area contributed by atoms with Crippen molar-refractivity contribution in [3.8, 4) is 0 Å². The Balaban J connectivity index is 2.52. The van der Waals surface area contributed by atoms with Gasteiger partial charge in [0.05, 0.1) is 11.1 Å². The van der Waals surface area contributed by atoms with Crippen molar-refractivity contribution in [1.29, 1.82) is 0 Å². The third-order valence-electron chi connectivity index (χ3n) is 2.68. The van der Waals surface area contributed by atoms with Crippen molar-refractivity contribution in [3.63, 3.8) is 0 Å². The van der Waals surface area contributed by atoms with Gasteiger partial charge in [0.1, 0.15) is 6.54 Å². The number of nitrogens with zero attached hydrogens (tertiary/aromatic N) is 3. The number of rotatable bonds is 4. The number of carbonyl (C=O) groups excluding carboxylic acids is 1. The van der Waals surface area contributed by atoms with E-state index in [1.165, 1.54) is 35.3 Å². The van der Waals surface area contributed by atoms with Gasteiger partial charge < -0.3 is 10.3 Å². The zero-order valence-electron chi connectivity index (χ0n) is 11.3. The van der Waals surface area contributed by atoms with Crippen molar-refractivity contribution in [2.45, 2.75) is 18.4 Å². The SMILES string of the molecule is Cc1ccc(S(=O)(=O)/N=c2\cnccn2CC(N)=O)cc1. The highest BCUT2D eigenvalue weighted by Gasteiger charge is 2.12. The number of primary amides is 1. The van der Waals surface area contributed by atoms with Crippen LogP contribution in [0, 0.1) is 6.92 Å². The van der Waals surface area contributed by atoms with Crippen molar-refractivity contribution >= 4 is 15.9 Å². The number of sulfonamides is 1. The van der Waals surface area contributed by atoms with Crippen LogP contribution in [0.2, 0.25) is 0 Å². The van der Waals surface area contributed by atoms with Crippen LogP contribution in [0.25, 0.3) is 0 Å². The molecule has 0 bridgehead atoms. The lowest BCUT2D eigenvalue weighted by Crippen LogP contribution is -2.29. The number of hydrogen-bond donors (Lipinski definition) is 1. The third kappa shape index (κ3) is 3.76. The van der Waals surface area contributed by atoms with Crippen LogP contribution in [0.1, 0.15) is 5.56 Å². The molecule has 2 rings (SSSR count). The Morgan fingerprint density at radius 3 is 2.62 bits per heavy atom. The standard InChI is InChI=1S/C13H14N4O3S/c1-10-2-4-11(5-3-10)21(19,20)16-13-8-15-6-7-17(13)9-12(14)18/h2-8H,9H2,1H3,(H2,14,18)/b16-13+. The van der Waals surface area contributed by atoms with Crippen molar-refractivity contribution in [2.24, 2.45) is 10.1 Å². The topological polar surface area (TPSA) is 107 Å². The maximum atomic E-state index is 12.2. The fourth-order valence-electron chi connectivity index (χ4n) is 1.64. The van der Waals surface area contributed by atoms with Crippen LogP contribution in [-0.4, -0.2) is 23.9 Å². The minimum atomic E-state index is -3.88. The minimum Gasteiger partial charge on any atom is -0.368 e. The number of aromatic nitrogens is 2. The lowest BCUT2D eigenvalue weighted by atomic mass is 10.2. The van der Waals surface area contributed by atoms with E-state index in [9.17, 15) is 13.2 Å². The second-order valence-corrected chi connectivity index (χ2v) is 6.01. The molecule has 0 saturated carbocycles. The lowest BCUT2D eigenvalue weighted by molar-refractivity contribution is -0.118. The molecule has 21 heavy (non-hydrogen) atoms. The summed E-state index contributed by atoms with van der Waals surface area (Å²) in [5, 5.41) is 0. The largest absolute Gasteiger partial charge is 0.368 e. The second-order valence-electron chi connectivity index (χ2n) is 4.41. The Hall–Kier alpha value is -2.48. The first-order valence-corrected chi connectivity index (χ1v) is 7.49. The predicted octanol–water partition coefficient (Wildman–Crippen LogP) is -0.0336. The average Bonchev–Trinajstić information content (AvgIpc) is 2.40. The monoisotopic (exact) mass is 306 g/mol. The first-order valence-electron chi connectivity index (χ1n) is 6.05. The van der Waals surface area contributed by atoms with E-state index < -0.39 is 15.9 Å². The number of aryl methyl sites for hydroxylation is 1. The summed E-state index contributed by atoms with van der Waals surface area (Å²) in [5.41, 5.74) is 6.10. The van der Waals surface area contributed by atoms with Crippen molar-refractivity contribution in [1.82, 2.24) is 9.55 Å². The van der Waals surface area contributed by atoms with Gasteiger partial charge in [-0.25, -0.2) is 0 Å². The molecule has 110 valence electrons. The highest BCUT2D eigenvalue weighted by atomic mass is 32.2. The molecule has 1 heterocycles. The van der Waals surface area contributed by atoms with E-state index in [-0.39, 0.29) is 16.9 Å². The maximum absolute atomic E-state index is 12.2. The smallest absolute Gasteiger partial charge is 0.284 e. The normalized spacial score (nSPS) is 12.3. The molecule has 1 amide bonds. The van der Waals surface area contributed by atoms with Gasteiger partial charge in [-0.15, -0.1) is 4.40 Å². The second kappa shape index (κ2) is 5.88. The van der Waals surface area contributed by atoms with Crippen LogP contribution < -0.4 is 11.2 Å². The van der Waals surface area contributed by atoms with Crippen molar-refractivity contribution < 1.29 is 13.2 Å². The fraction of sp³-hybridized carbons (Fsp3) is 0.154. The van der Waals surface area contributed by atoms with E-state index in [0.717, 1.165) is 5.56 Å². The summed E-state index contributed by atoms with van der Waals surface area (Å²) in [4.78, 5) is 14.9.